The zero-order valence-corrected chi connectivity index (χ0v) is 14.8. The molecule has 2 heterocycles. The zero-order valence-electron chi connectivity index (χ0n) is 14.8. The predicted octanol–water partition coefficient (Wildman–Crippen LogP) is 6.73. The summed E-state index contributed by atoms with van der Waals surface area (Å²) >= 11 is 0. The Bertz CT molecular complexity index is 1380. The van der Waals surface area contributed by atoms with Crippen LogP contribution in [-0.2, 0) is 0 Å². The third-order valence-corrected chi connectivity index (χ3v) is 5.65. The molecule has 124 valence electrons. The number of aromatic nitrogens is 2. The molecule has 6 aromatic rings. The number of fused-ring (bicyclic) bond motifs is 9. The molecule has 0 aliphatic heterocycles. The molecular weight excluding hydrogens is 316 g/mol. The summed E-state index contributed by atoms with van der Waals surface area (Å²) in [5, 5.41) is 10.4. The molecule has 2 aromatic heterocycles. The van der Waals surface area contributed by atoms with Gasteiger partial charge in [0.1, 0.15) is 0 Å². The molecule has 0 saturated heterocycles. The van der Waals surface area contributed by atoms with E-state index in [4.69, 9.17) is 0 Å². The molecule has 26 heavy (non-hydrogen) atoms. The Kier molecular flexibility index (Phi) is 2.51. The number of hydrogen-bond donors (Lipinski definition) is 2. The van der Waals surface area contributed by atoms with E-state index < -0.39 is 0 Å². The summed E-state index contributed by atoms with van der Waals surface area (Å²) < 4.78 is 0. The average molecular weight is 334 g/mol. The summed E-state index contributed by atoms with van der Waals surface area (Å²) in [6, 6.07) is 22.5. The number of benzene rings is 4. The van der Waals surface area contributed by atoms with Gasteiger partial charge in [-0.25, -0.2) is 0 Å². The van der Waals surface area contributed by atoms with Gasteiger partial charge in [0.25, 0.3) is 0 Å². The molecule has 0 spiro atoms. The van der Waals surface area contributed by atoms with E-state index in [0.29, 0.717) is 0 Å². The van der Waals surface area contributed by atoms with Crippen LogP contribution in [0.2, 0.25) is 0 Å². The van der Waals surface area contributed by atoms with Gasteiger partial charge in [-0.05, 0) is 47.5 Å². The van der Waals surface area contributed by atoms with Crippen molar-refractivity contribution in [3.05, 3.63) is 72.1 Å². The Morgan fingerprint density at radius 3 is 1.27 bits per heavy atom. The van der Waals surface area contributed by atoms with Gasteiger partial charge in [0.2, 0.25) is 0 Å². The maximum atomic E-state index is 3.53. The minimum Gasteiger partial charge on any atom is -0.358 e. The highest BCUT2D eigenvalue weighted by Gasteiger charge is 2.10. The van der Waals surface area contributed by atoms with E-state index in [2.05, 4.69) is 84.5 Å². The maximum absolute atomic E-state index is 3.53. The molecule has 2 N–H and O–H groups in total. The summed E-state index contributed by atoms with van der Waals surface area (Å²) in [4.78, 5) is 7.05. The van der Waals surface area contributed by atoms with Crippen molar-refractivity contribution in [3.8, 4) is 0 Å². The number of hydrogen-bond acceptors (Lipinski definition) is 0. The van der Waals surface area contributed by atoms with Crippen molar-refractivity contribution in [2.24, 2.45) is 0 Å². The average Bonchev–Trinajstić information content (AvgIpc) is 3.21. The van der Waals surface area contributed by atoms with Gasteiger partial charge >= 0.3 is 0 Å². The van der Waals surface area contributed by atoms with Crippen molar-refractivity contribution < 1.29 is 0 Å². The molecule has 0 radical (unpaired) electrons. The van der Waals surface area contributed by atoms with Crippen molar-refractivity contribution in [3.63, 3.8) is 0 Å². The minimum atomic E-state index is 1.20. The Balaban J connectivity index is 1.81. The first-order valence-electron chi connectivity index (χ1n) is 9.05. The molecule has 6 rings (SSSR count). The molecule has 0 amide bonds. The number of nitrogens with one attached hydrogen (secondary N) is 2. The predicted molar refractivity (Wildman–Crippen MR) is 112 cm³/mol. The zero-order chi connectivity index (χ0) is 17.4. The Morgan fingerprint density at radius 2 is 0.808 bits per heavy atom. The Labute approximate surface area is 150 Å². The summed E-state index contributed by atoms with van der Waals surface area (Å²) in [7, 11) is 0. The Hall–Kier alpha value is -3.26. The first-order valence-corrected chi connectivity index (χ1v) is 9.05. The topological polar surface area (TPSA) is 31.6 Å². The summed E-state index contributed by atoms with van der Waals surface area (Å²) in [5.74, 6) is 0. The molecule has 4 aromatic carbocycles. The lowest BCUT2D eigenvalue weighted by atomic mass is 9.95. The van der Waals surface area contributed by atoms with Crippen molar-refractivity contribution in [1.82, 2.24) is 9.97 Å². The fourth-order valence-electron chi connectivity index (χ4n) is 4.52. The SMILES string of the molecule is Cc1cc2ccc3c4ccc5c(ccc6cc(C)[nH]c65)c4ccc3c2[nH]1. The van der Waals surface area contributed by atoms with Crippen LogP contribution in [0.4, 0.5) is 0 Å². The van der Waals surface area contributed by atoms with Crippen molar-refractivity contribution in [2.75, 3.05) is 0 Å². The van der Waals surface area contributed by atoms with E-state index >= 15 is 0 Å². The normalized spacial score (nSPS) is 12.2. The molecule has 0 unspecified atom stereocenters. The highest BCUT2D eigenvalue weighted by Crippen LogP contribution is 2.36. The van der Waals surface area contributed by atoms with Crippen molar-refractivity contribution in [1.29, 1.82) is 0 Å². The first kappa shape index (κ1) is 14.0. The van der Waals surface area contributed by atoms with Crippen LogP contribution < -0.4 is 0 Å². The van der Waals surface area contributed by atoms with Crippen LogP contribution in [0.3, 0.4) is 0 Å². The maximum Gasteiger partial charge on any atom is 0.0535 e. The quantitative estimate of drug-likeness (QED) is 0.289. The van der Waals surface area contributed by atoms with Crippen LogP contribution in [0.15, 0.2) is 60.7 Å². The first-order chi connectivity index (χ1) is 12.7. The number of aryl methyl sites for hydroxylation is 2. The van der Waals surface area contributed by atoms with Gasteiger partial charge in [-0.15, -0.1) is 0 Å². The lowest BCUT2D eigenvalue weighted by molar-refractivity contribution is 1.30. The van der Waals surface area contributed by atoms with Gasteiger partial charge in [0.15, 0.2) is 0 Å². The molecule has 0 aliphatic carbocycles. The fourth-order valence-corrected chi connectivity index (χ4v) is 4.52. The van der Waals surface area contributed by atoms with Crippen LogP contribution in [0.25, 0.3) is 54.1 Å². The van der Waals surface area contributed by atoms with E-state index in [-0.39, 0.29) is 0 Å². The standard InChI is InChI=1S/C24H18N2/c1-13-11-15-3-5-19-17-8-10-22-20(6-4-16-12-14(2)26-24(16)22)18(17)7-9-21(19)23(15)25-13/h3-12,25-26H,1-2H3. The lowest BCUT2D eigenvalue weighted by Gasteiger charge is -2.09. The highest BCUT2D eigenvalue weighted by atomic mass is 14.7. The lowest BCUT2D eigenvalue weighted by Crippen LogP contribution is -1.83. The van der Waals surface area contributed by atoms with E-state index in [1.165, 1.54) is 65.5 Å². The molecule has 2 nitrogen and oxygen atoms in total. The molecule has 0 bridgehead atoms. The second-order valence-electron chi connectivity index (χ2n) is 7.38. The number of H-pyrrole nitrogens is 2. The van der Waals surface area contributed by atoms with E-state index in [1.807, 2.05) is 0 Å². The van der Waals surface area contributed by atoms with E-state index in [9.17, 15) is 0 Å². The largest absolute Gasteiger partial charge is 0.358 e. The molecule has 2 heteroatoms. The highest BCUT2D eigenvalue weighted by molar-refractivity contribution is 6.24. The third-order valence-electron chi connectivity index (χ3n) is 5.65. The summed E-state index contributed by atoms with van der Waals surface area (Å²) in [6.45, 7) is 4.23. The van der Waals surface area contributed by atoms with Gasteiger partial charge in [0, 0.05) is 32.9 Å². The van der Waals surface area contributed by atoms with Crippen LogP contribution in [-0.4, -0.2) is 9.97 Å². The van der Waals surface area contributed by atoms with Gasteiger partial charge < -0.3 is 9.97 Å². The molecule has 0 fully saturated rings. The molecule has 0 saturated carbocycles. The van der Waals surface area contributed by atoms with Crippen LogP contribution in [0, 0.1) is 13.8 Å². The molecule has 0 atom stereocenters. The van der Waals surface area contributed by atoms with Crippen molar-refractivity contribution >= 4 is 54.1 Å². The van der Waals surface area contributed by atoms with Gasteiger partial charge in [-0.1, -0.05) is 48.5 Å². The summed E-state index contributed by atoms with van der Waals surface area (Å²) in [6.07, 6.45) is 0. The molecule has 0 aliphatic rings. The minimum absolute atomic E-state index is 1.20. The number of rotatable bonds is 0. The Morgan fingerprint density at radius 1 is 0.462 bits per heavy atom. The van der Waals surface area contributed by atoms with Crippen LogP contribution in [0.1, 0.15) is 11.4 Å². The van der Waals surface area contributed by atoms with E-state index in [1.54, 1.807) is 0 Å². The summed E-state index contributed by atoms with van der Waals surface area (Å²) in [5.41, 5.74) is 4.88. The van der Waals surface area contributed by atoms with E-state index in [0.717, 1.165) is 0 Å². The van der Waals surface area contributed by atoms with Gasteiger partial charge in [0.05, 0.1) is 11.0 Å². The van der Waals surface area contributed by atoms with Gasteiger partial charge in [-0.3, -0.25) is 0 Å². The third kappa shape index (κ3) is 1.71. The van der Waals surface area contributed by atoms with Crippen LogP contribution in [0.5, 0.6) is 0 Å². The smallest absolute Gasteiger partial charge is 0.0535 e. The monoisotopic (exact) mass is 334 g/mol. The van der Waals surface area contributed by atoms with Crippen LogP contribution >= 0.6 is 0 Å². The second kappa shape index (κ2) is 4.67. The fraction of sp³-hybridized carbons (Fsp3) is 0.0833. The number of aromatic amines is 2. The van der Waals surface area contributed by atoms with Gasteiger partial charge in [-0.2, -0.15) is 0 Å². The molecular formula is C24H18N2. The van der Waals surface area contributed by atoms with Crippen molar-refractivity contribution in [2.45, 2.75) is 13.8 Å². The second-order valence-corrected chi connectivity index (χ2v) is 7.38.